The monoisotopic (exact) mass is 207 g/mol. The SMILES string of the molecule is CCCCCCCNC[Si](O)(O)O. The third kappa shape index (κ3) is 12.1. The molecule has 80 valence electrons. The standard InChI is InChI=1S/C8H21NO3Si/c1-2-3-4-5-6-7-9-8-13(10,11)12/h9-12H,2-8H2,1H3. The lowest BCUT2D eigenvalue weighted by Crippen LogP contribution is -2.46. The minimum atomic E-state index is -3.84. The van der Waals surface area contributed by atoms with Crippen LogP contribution in [0.25, 0.3) is 0 Å². The highest BCUT2D eigenvalue weighted by Gasteiger charge is 2.25. The van der Waals surface area contributed by atoms with Crippen LogP contribution in [-0.2, 0) is 0 Å². The number of hydrogen-bond donors (Lipinski definition) is 4. The van der Waals surface area contributed by atoms with Crippen LogP contribution < -0.4 is 5.32 Å². The Balaban J connectivity index is 3.00. The zero-order valence-corrected chi connectivity index (χ0v) is 9.29. The van der Waals surface area contributed by atoms with Crippen molar-refractivity contribution in [2.75, 3.05) is 12.7 Å². The fourth-order valence-corrected chi connectivity index (χ4v) is 1.62. The summed E-state index contributed by atoms with van der Waals surface area (Å²) in [5.74, 6) is 0. The Morgan fingerprint density at radius 3 is 2.15 bits per heavy atom. The average Bonchev–Trinajstić information content (AvgIpc) is 2.01. The summed E-state index contributed by atoms with van der Waals surface area (Å²) in [5.41, 5.74) is 0. The molecule has 0 atom stereocenters. The molecule has 0 aromatic heterocycles. The first-order chi connectivity index (χ1) is 6.06. The van der Waals surface area contributed by atoms with Gasteiger partial charge in [0.15, 0.2) is 0 Å². The van der Waals surface area contributed by atoms with Crippen LogP contribution in [0.5, 0.6) is 0 Å². The second kappa shape index (κ2) is 7.46. The molecule has 4 nitrogen and oxygen atoms in total. The van der Waals surface area contributed by atoms with E-state index >= 15 is 0 Å². The number of nitrogens with one attached hydrogen (secondary N) is 1. The van der Waals surface area contributed by atoms with E-state index in [2.05, 4.69) is 12.2 Å². The van der Waals surface area contributed by atoms with Crippen LogP contribution in [0.15, 0.2) is 0 Å². The van der Waals surface area contributed by atoms with E-state index in [0.717, 1.165) is 19.4 Å². The minimum absolute atomic E-state index is 0.0548. The quantitative estimate of drug-likeness (QED) is 0.334. The molecule has 0 aliphatic carbocycles. The zero-order chi connectivity index (χ0) is 10.2. The first-order valence-electron chi connectivity index (χ1n) is 4.94. The molecule has 0 bridgehead atoms. The summed E-state index contributed by atoms with van der Waals surface area (Å²) in [5, 5.41) is 2.81. The van der Waals surface area contributed by atoms with Crippen molar-refractivity contribution in [1.29, 1.82) is 0 Å². The lowest BCUT2D eigenvalue weighted by molar-refractivity contribution is 0.224. The maximum absolute atomic E-state index is 8.65. The number of hydrogen-bond acceptors (Lipinski definition) is 4. The van der Waals surface area contributed by atoms with Gasteiger partial charge in [0.1, 0.15) is 0 Å². The minimum Gasteiger partial charge on any atom is -0.389 e. The van der Waals surface area contributed by atoms with E-state index in [0.29, 0.717) is 0 Å². The van der Waals surface area contributed by atoms with Gasteiger partial charge in [-0.1, -0.05) is 32.6 Å². The van der Waals surface area contributed by atoms with E-state index in [4.69, 9.17) is 14.4 Å². The fourth-order valence-electron chi connectivity index (χ4n) is 1.11. The van der Waals surface area contributed by atoms with Crippen molar-refractivity contribution in [2.24, 2.45) is 0 Å². The van der Waals surface area contributed by atoms with Crippen molar-refractivity contribution in [3.63, 3.8) is 0 Å². The summed E-state index contributed by atoms with van der Waals surface area (Å²) >= 11 is 0. The van der Waals surface area contributed by atoms with Crippen molar-refractivity contribution in [3.05, 3.63) is 0 Å². The third-order valence-electron chi connectivity index (χ3n) is 1.82. The van der Waals surface area contributed by atoms with Gasteiger partial charge in [-0.3, -0.25) is 0 Å². The lowest BCUT2D eigenvalue weighted by atomic mass is 10.1. The first-order valence-corrected chi connectivity index (χ1v) is 6.99. The van der Waals surface area contributed by atoms with E-state index in [-0.39, 0.29) is 6.17 Å². The second-order valence-electron chi connectivity index (χ2n) is 3.37. The van der Waals surface area contributed by atoms with E-state index < -0.39 is 8.80 Å². The molecule has 0 unspecified atom stereocenters. The van der Waals surface area contributed by atoms with Gasteiger partial charge < -0.3 is 19.7 Å². The normalized spacial score (nSPS) is 12.0. The van der Waals surface area contributed by atoms with Crippen LogP contribution in [0.3, 0.4) is 0 Å². The van der Waals surface area contributed by atoms with Crippen LogP contribution in [0, 0.1) is 0 Å². The molecule has 0 aliphatic heterocycles. The van der Waals surface area contributed by atoms with E-state index in [1.165, 1.54) is 19.3 Å². The molecule has 0 radical (unpaired) electrons. The molecular formula is C8H21NO3Si. The van der Waals surface area contributed by atoms with E-state index in [1.54, 1.807) is 0 Å². The molecule has 0 saturated heterocycles. The summed E-state index contributed by atoms with van der Waals surface area (Å²) in [6.07, 6.45) is 5.87. The Kier molecular flexibility index (Phi) is 7.49. The molecule has 4 N–H and O–H groups in total. The molecule has 0 saturated carbocycles. The van der Waals surface area contributed by atoms with Gasteiger partial charge in [0.05, 0.1) is 6.17 Å². The maximum atomic E-state index is 8.65. The Morgan fingerprint density at radius 2 is 1.62 bits per heavy atom. The summed E-state index contributed by atoms with van der Waals surface area (Å²) in [7, 11) is -3.84. The van der Waals surface area contributed by atoms with Gasteiger partial charge >= 0.3 is 8.80 Å². The predicted octanol–water partition coefficient (Wildman–Crippen LogP) is 0.00140. The summed E-state index contributed by atoms with van der Waals surface area (Å²) < 4.78 is 0. The van der Waals surface area contributed by atoms with Gasteiger partial charge in [-0.15, -0.1) is 0 Å². The Morgan fingerprint density at radius 1 is 1.00 bits per heavy atom. The van der Waals surface area contributed by atoms with Crippen molar-refractivity contribution in [1.82, 2.24) is 5.32 Å². The van der Waals surface area contributed by atoms with E-state index in [1.807, 2.05) is 0 Å². The zero-order valence-electron chi connectivity index (χ0n) is 8.29. The van der Waals surface area contributed by atoms with Crippen LogP contribution in [0.2, 0.25) is 0 Å². The molecule has 0 fully saturated rings. The fraction of sp³-hybridized carbons (Fsp3) is 1.00. The Hall–Kier alpha value is 0.0569. The number of rotatable bonds is 8. The number of unbranched alkanes of at least 4 members (excludes halogenated alkanes) is 4. The first kappa shape index (κ1) is 13.1. The van der Waals surface area contributed by atoms with Gasteiger partial charge in [-0.2, -0.15) is 0 Å². The second-order valence-corrected chi connectivity index (χ2v) is 5.27. The van der Waals surface area contributed by atoms with Crippen LogP contribution in [0.1, 0.15) is 39.0 Å². The van der Waals surface area contributed by atoms with E-state index in [9.17, 15) is 0 Å². The molecule has 0 rings (SSSR count). The highest BCUT2D eigenvalue weighted by atomic mass is 28.4. The van der Waals surface area contributed by atoms with Crippen molar-refractivity contribution in [3.8, 4) is 0 Å². The largest absolute Gasteiger partial charge is 0.507 e. The highest BCUT2D eigenvalue weighted by Crippen LogP contribution is 2.00. The predicted molar refractivity (Wildman–Crippen MR) is 54.0 cm³/mol. The molecule has 0 aromatic carbocycles. The molecule has 0 heterocycles. The van der Waals surface area contributed by atoms with Gasteiger partial charge in [0.2, 0.25) is 0 Å². The summed E-state index contributed by atoms with van der Waals surface area (Å²) in [6, 6.07) is 0. The average molecular weight is 207 g/mol. The highest BCUT2D eigenvalue weighted by molar-refractivity contribution is 6.56. The van der Waals surface area contributed by atoms with Gasteiger partial charge in [-0.25, -0.2) is 0 Å². The van der Waals surface area contributed by atoms with Crippen LogP contribution >= 0.6 is 0 Å². The Bertz CT molecular complexity index is 116. The molecule has 0 aromatic rings. The molecule has 13 heavy (non-hydrogen) atoms. The molecule has 0 spiro atoms. The van der Waals surface area contributed by atoms with Crippen molar-refractivity contribution in [2.45, 2.75) is 39.0 Å². The van der Waals surface area contributed by atoms with Crippen molar-refractivity contribution >= 4 is 8.80 Å². The smallest absolute Gasteiger partial charge is 0.389 e. The van der Waals surface area contributed by atoms with Crippen LogP contribution in [0.4, 0.5) is 0 Å². The third-order valence-corrected chi connectivity index (χ3v) is 2.54. The van der Waals surface area contributed by atoms with Gasteiger partial charge in [-0.05, 0) is 13.0 Å². The maximum Gasteiger partial charge on any atom is 0.507 e. The molecule has 5 heteroatoms. The Labute approximate surface area is 81.0 Å². The summed E-state index contributed by atoms with van der Waals surface area (Å²) in [6.45, 7) is 2.92. The van der Waals surface area contributed by atoms with Gasteiger partial charge in [0, 0.05) is 0 Å². The van der Waals surface area contributed by atoms with Crippen LogP contribution in [-0.4, -0.2) is 35.9 Å². The van der Waals surface area contributed by atoms with Crippen molar-refractivity contribution < 1.29 is 14.4 Å². The lowest BCUT2D eigenvalue weighted by Gasteiger charge is -2.09. The van der Waals surface area contributed by atoms with Gasteiger partial charge in [0.25, 0.3) is 0 Å². The molecule has 0 amide bonds. The molecule has 0 aliphatic rings. The topological polar surface area (TPSA) is 72.7 Å². The summed E-state index contributed by atoms with van der Waals surface area (Å²) in [4.78, 5) is 25.9. The molecular weight excluding hydrogens is 186 g/mol.